The molecule has 1 unspecified atom stereocenters. The van der Waals surface area contributed by atoms with Crippen molar-refractivity contribution in [3.63, 3.8) is 0 Å². The average Bonchev–Trinajstić information content (AvgIpc) is 2.99. The van der Waals surface area contributed by atoms with Crippen molar-refractivity contribution < 1.29 is 4.39 Å². The molecule has 0 nitrogen and oxygen atoms in total. The minimum atomic E-state index is -0.508. The van der Waals surface area contributed by atoms with Crippen molar-refractivity contribution in [1.29, 1.82) is 0 Å². The van der Waals surface area contributed by atoms with Crippen molar-refractivity contribution in [2.45, 2.75) is 118 Å². The van der Waals surface area contributed by atoms with Gasteiger partial charge in [-0.2, -0.15) is 0 Å². The van der Waals surface area contributed by atoms with E-state index >= 15 is 0 Å². The molecular weight excluding hydrogens is 343 g/mol. The molecule has 4 fully saturated rings. The van der Waals surface area contributed by atoms with Crippen LogP contribution in [0.3, 0.4) is 0 Å². The van der Waals surface area contributed by atoms with E-state index < -0.39 is 6.17 Å². The zero-order chi connectivity index (χ0) is 20.1. The summed E-state index contributed by atoms with van der Waals surface area (Å²) in [6.07, 6.45) is 15.2. The molecule has 0 aliphatic heterocycles. The van der Waals surface area contributed by atoms with E-state index in [1.807, 2.05) is 0 Å². The lowest BCUT2D eigenvalue weighted by atomic mass is 9.44. The quantitative estimate of drug-likeness (QED) is 0.441. The maximum atomic E-state index is 14.1. The van der Waals surface area contributed by atoms with Gasteiger partial charge in [-0.15, -0.1) is 0 Å². The number of rotatable bonds is 5. The van der Waals surface area contributed by atoms with Crippen molar-refractivity contribution >= 4 is 0 Å². The third-order valence-electron chi connectivity index (χ3n) is 10.8. The molecule has 0 aromatic rings. The van der Waals surface area contributed by atoms with Gasteiger partial charge < -0.3 is 0 Å². The third kappa shape index (κ3) is 3.49. The Balaban J connectivity index is 1.46. The third-order valence-corrected chi connectivity index (χ3v) is 10.8. The minimum Gasteiger partial charge on any atom is -0.247 e. The molecule has 0 bridgehead atoms. The Morgan fingerprint density at radius 3 is 2.29 bits per heavy atom. The molecular formula is C27H47F. The van der Waals surface area contributed by atoms with Crippen molar-refractivity contribution in [2.75, 3.05) is 0 Å². The molecule has 162 valence electrons. The van der Waals surface area contributed by atoms with Gasteiger partial charge in [0.25, 0.3) is 0 Å². The topological polar surface area (TPSA) is 0 Å². The number of alkyl halides is 1. The van der Waals surface area contributed by atoms with Gasteiger partial charge in [0, 0.05) is 0 Å². The summed E-state index contributed by atoms with van der Waals surface area (Å²) in [7, 11) is 0. The van der Waals surface area contributed by atoms with Crippen LogP contribution in [0, 0.1) is 52.3 Å². The van der Waals surface area contributed by atoms with Crippen LogP contribution >= 0.6 is 0 Å². The molecule has 0 saturated heterocycles. The Labute approximate surface area is 174 Å². The van der Waals surface area contributed by atoms with E-state index in [0.29, 0.717) is 16.7 Å². The van der Waals surface area contributed by atoms with Gasteiger partial charge in [0.2, 0.25) is 0 Å². The average molecular weight is 391 g/mol. The second-order valence-electron chi connectivity index (χ2n) is 12.6. The predicted octanol–water partition coefficient (Wildman–Crippen LogP) is 8.45. The molecule has 4 saturated carbocycles. The lowest BCUT2D eigenvalue weighted by Crippen LogP contribution is -2.53. The SMILES string of the molecule is CC(C)CCC[C@@H](C)[C@H]1CC[C@H]2[C@@H]3CCC4C[C@@H](F)CC[C@]4(C)[C@H]3CC[C@]12C. The van der Waals surface area contributed by atoms with Gasteiger partial charge in [0.1, 0.15) is 6.17 Å². The molecule has 28 heavy (non-hydrogen) atoms. The first-order chi connectivity index (χ1) is 13.3. The fraction of sp³-hybridized carbons (Fsp3) is 1.00. The Morgan fingerprint density at radius 2 is 1.54 bits per heavy atom. The molecule has 0 N–H and O–H groups in total. The van der Waals surface area contributed by atoms with Crippen molar-refractivity contribution in [3.05, 3.63) is 0 Å². The number of halogens is 1. The van der Waals surface area contributed by atoms with E-state index in [4.69, 9.17) is 0 Å². The van der Waals surface area contributed by atoms with Crippen LogP contribution in [0.1, 0.15) is 112 Å². The molecule has 4 rings (SSSR count). The summed E-state index contributed by atoms with van der Waals surface area (Å²) in [5.41, 5.74) is 1.05. The van der Waals surface area contributed by atoms with E-state index in [-0.39, 0.29) is 0 Å². The molecule has 0 heterocycles. The van der Waals surface area contributed by atoms with Gasteiger partial charge in [0.15, 0.2) is 0 Å². The van der Waals surface area contributed by atoms with Crippen LogP contribution in [-0.4, -0.2) is 6.17 Å². The Kier molecular flexibility index (Phi) is 5.96. The summed E-state index contributed by atoms with van der Waals surface area (Å²) in [4.78, 5) is 0. The number of hydrogen-bond acceptors (Lipinski definition) is 0. The van der Waals surface area contributed by atoms with E-state index in [2.05, 4.69) is 34.6 Å². The van der Waals surface area contributed by atoms with Crippen LogP contribution in [0.5, 0.6) is 0 Å². The zero-order valence-electron chi connectivity index (χ0n) is 19.5. The van der Waals surface area contributed by atoms with Crippen LogP contribution in [0.2, 0.25) is 0 Å². The highest BCUT2D eigenvalue weighted by atomic mass is 19.1. The van der Waals surface area contributed by atoms with Gasteiger partial charge in [-0.05, 0) is 110 Å². The standard InChI is InChI=1S/C27H47F/c1-18(2)7-6-8-19(3)23-11-12-24-22-10-9-20-17-21(28)13-15-26(20,4)25(22)14-16-27(23,24)5/h18-25H,6-17H2,1-5H3/t19-,20?,21+,22+,23-,24+,25+,26+,27-/m1/s1. The highest BCUT2D eigenvalue weighted by Crippen LogP contribution is 2.68. The van der Waals surface area contributed by atoms with E-state index in [0.717, 1.165) is 48.3 Å². The molecule has 0 amide bonds. The lowest BCUT2D eigenvalue weighted by molar-refractivity contribution is -0.122. The summed E-state index contributed by atoms with van der Waals surface area (Å²) < 4.78 is 14.1. The molecule has 4 aliphatic rings. The Morgan fingerprint density at radius 1 is 0.821 bits per heavy atom. The first kappa shape index (κ1) is 21.2. The maximum Gasteiger partial charge on any atom is 0.100 e. The summed E-state index contributed by atoms with van der Waals surface area (Å²) in [5, 5.41) is 0. The fourth-order valence-electron chi connectivity index (χ4n) is 9.23. The van der Waals surface area contributed by atoms with Gasteiger partial charge in [-0.3, -0.25) is 0 Å². The molecule has 0 spiro atoms. The minimum absolute atomic E-state index is 0.452. The highest BCUT2D eigenvalue weighted by molar-refractivity contribution is 5.09. The zero-order valence-corrected chi connectivity index (χ0v) is 19.5. The monoisotopic (exact) mass is 390 g/mol. The van der Waals surface area contributed by atoms with Crippen LogP contribution in [0.4, 0.5) is 4.39 Å². The maximum absolute atomic E-state index is 14.1. The number of fused-ring (bicyclic) bond motifs is 5. The van der Waals surface area contributed by atoms with Crippen LogP contribution in [0.25, 0.3) is 0 Å². The van der Waals surface area contributed by atoms with E-state index in [9.17, 15) is 4.39 Å². The van der Waals surface area contributed by atoms with Crippen molar-refractivity contribution in [2.24, 2.45) is 52.3 Å². The van der Waals surface area contributed by atoms with E-state index in [1.165, 1.54) is 64.2 Å². The first-order valence-electron chi connectivity index (χ1n) is 12.9. The van der Waals surface area contributed by atoms with E-state index in [1.54, 1.807) is 0 Å². The van der Waals surface area contributed by atoms with Gasteiger partial charge in [-0.25, -0.2) is 4.39 Å². The Bertz CT molecular complexity index is 540. The molecule has 1 heteroatoms. The largest absolute Gasteiger partial charge is 0.247 e. The predicted molar refractivity (Wildman–Crippen MR) is 118 cm³/mol. The number of hydrogen-bond donors (Lipinski definition) is 0. The molecule has 4 aliphatic carbocycles. The van der Waals surface area contributed by atoms with Crippen molar-refractivity contribution in [3.8, 4) is 0 Å². The summed E-state index contributed by atoms with van der Waals surface area (Å²) in [6, 6.07) is 0. The first-order valence-corrected chi connectivity index (χ1v) is 12.9. The fourth-order valence-corrected chi connectivity index (χ4v) is 9.23. The molecule has 9 atom stereocenters. The Hall–Kier alpha value is -0.0700. The van der Waals surface area contributed by atoms with Gasteiger partial charge >= 0.3 is 0 Å². The van der Waals surface area contributed by atoms with Crippen molar-refractivity contribution in [1.82, 2.24) is 0 Å². The molecule has 0 aromatic carbocycles. The van der Waals surface area contributed by atoms with Gasteiger partial charge in [0.05, 0.1) is 0 Å². The summed E-state index contributed by atoms with van der Waals surface area (Å²) in [6.45, 7) is 12.6. The van der Waals surface area contributed by atoms with Crippen LogP contribution in [0.15, 0.2) is 0 Å². The molecule has 0 aromatic heterocycles. The lowest BCUT2D eigenvalue weighted by Gasteiger charge is -2.61. The second-order valence-corrected chi connectivity index (χ2v) is 12.6. The van der Waals surface area contributed by atoms with Gasteiger partial charge in [-0.1, -0.05) is 53.9 Å². The van der Waals surface area contributed by atoms with Crippen LogP contribution in [-0.2, 0) is 0 Å². The smallest absolute Gasteiger partial charge is 0.100 e. The van der Waals surface area contributed by atoms with Crippen LogP contribution < -0.4 is 0 Å². The highest BCUT2D eigenvalue weighted by Gasteiger charge is 2.60. The second kappa shape index (κ2) is 7.88. The summed E-state index contributed by atoms with van der Waals surface area (Å²) in [5.74, 6) is 6.19. The molecule has 0 radical (unpaired) electrons. The normalized spacial score (nSPS) is 49.4. The summed E-state index contributed by atoms with van der Waals surface area (Å²) >= 11 is 0.